The number of nitrogens with zero attached hydrogens (tertiary/aromatic N) is 1. The van der Waals surface area contributed by atoms with E-state index in [1.807, 2.05) is 0 Å². The molecule has 8 nitrogen and oxygen atoms in total. The highest BCUT2D eigenvalue weighted by Gasteiger charge is 2.15. The van der Waals surface area contributed by atoms with E-state index in [4.69, 9.17) is 18.6 Å². The lowest BCUT2D eigenvalue weighted by atomic mass is 10.2. The summed E-state index contributed by atoms with van der Waals surface area (Å²) in [4.78, 5) is 24.1. The van der Waals surface area contributed by atoms with Crippen molar-refractivity contribution in [2.75, 3.05) is 13.7 Å². The van der Waals surface area contributed by atoms with Crippen molar-refractivity contribution < 1.29 is 28.2 Å². The van der Waals surface area contributed by atoms with E-state index in [0.717, 1.165) is 4.47 Å². The second-order valence-electron chi connectivity index (χ2n) is 6.06. The Kier molecular flexibility index (Phi) is 8.48. The van der Waals surface area contributed by atoms with Crippen LogP contribution in [0.2, 0.25) is 0 Å². The van der Waals surface area contributed by atoms with Gasteiger partial charge >= 0.3 is 5.97 Å². The normalized spacial score (nSPS) is 10.8. The summed E-state index contributed by atoms with van der Waals surface area (Å²) in [6.45, 7) is -0.235. The summed E-state index contributed by atoms with van der Waals surface area (Å²) in [5.41, 5.74) is 2.99. The quantitative estimate of drug-likeness (QED) is 0.157. The first-order chi connectivity index (χ1) is 15.4. The predicted molar refractivity (Wildman–Crippen MR) is 127 cm³/mol. The fraction of sp³-hybridized carbons (Fsp3) is 0.0952. The van der Waals surface area contributed by atoms with Crippen molar-refractivity contribution >= 4 is 65.9 Å². The van der Waals surface area contributed by atoms with E-state index >= 15 is 0 Å². The first-order valence-corrected chi connectivity index (χ1v) is 11.3. The van der Waals surface area contributed by atoms with Crippen LogP contribution in [0.4, 0.5) is 0 Å². The number of ether oxygens (including phenoxy) is 3. The molecule has 0 saturated carbocycles. The second kappa shape index (κ2) is 11.3. The fourth-order valence-electron chi connectivity index (χ4n) is 2.41. The molecule has 32 heavy (non-hydrogen) atoms. The average Bonchev–Trinajstić information content (AvgIpc) is 3.29. The molecule has 0 saturated heterocycles. The van der Waals surface area contributed by atoms with Gasteiger partial charge < -0.3 is 18.6 Å². The first-order valence-electron chi connectivity index (χ1n) is 8.90. The maximum absolute atomic E-state index is 12.0. The smallest absolute Gasteiger partial charge is 0.379 e. The lowest BCUT2D eigenvalue weighted by Crippen LogP contribution is -2.24. The molecular weight excluding hydrogens is 616 g/mol. The van der Waals surface area contributed by atoms with Crippen molar-refractivity contribution in [2.45, 2.75) is 0 Å². The van der Waals surface area contributed by atoms with Crippen LogP contribution >= 0.6 is 47.8 Å². The number of hydrazone groups is 1. The van der Waals surface area contributed by atoms with Gasteiger partial charge in [0.2, 0.25) is 5.76 Å². The largest absolute Gasteiger partial charge is 0.493 e. The summed E-state index contributed by atoms with van der Waals surface area (Å²) in [6, 6.07) is 11.5. The molecule has 0 spiro atoms. The number of carbonyl (C=O) groups excluding carboxylic acids is 2. The zero-order valence-corrected chi connectivity index (χ0v) is 21.2. The standard InChI is InChI=1S/C21H15Br3N2O6/c1-29-18-7-12(4-5-16(18)32-21(28)17-3-2-6-30-17)10-25-26-19(27)11-31-20-14(23)8-13(22)9-15(20)24/h2-10H,11H2,1H3,(H,26,27)/b25-10+. The van der Waals surface area contributed by atoms with Crippen molar-refractivity contribution in [1.29, 1.82) is 0 Å². The van der Waals surface area contributed by atoms with Crippen LogP contribution in [0.15, 0.2) is 71.7 Å². The number of halogens is 3. The van der Waals surface area contributed by atoms with E-state index in [1.165, 1.54) is 25.7 Å². The number of benzene rings is 2. The number of nitrogens with one attached hydrogen (secondary N) is 1. The van der Waals surface area contributed by atoms with Crippen molar-refractivity contribution in [3.63, 3.8) is 0 Å². The monoisotopic (exact) mass is 628 g/mol. The van der Waals surface area contributed by atoms with Crippen molar-refractivity contribution in [2.24, 2.45) is 5.10 Å². The van der Waals surface area contributed by atoms with Gasteiger partial charge in [-0.2, -0.15) is 5.10 Å². The average molecular weight is 631 g/mol. The number of methoxy groups -OCH3 is 1. The lowest BCUT2D eigenvalue weighted by Gasteiger charge is -2.10. The number of furan rings is 1. The third-order valence-corrected chi connectivity index (χ3v) is 5.46. The SMILES string of the molecule is COc1cc(/C=N/NC(=O)COc2c(Br)cc(Br)cc2Br)ccc1OC(=O)c1ccco1. The molecule has 0 atom stereocenters. The third-order valence-electron chi connectivity index (χ3n) is 3.83. The van der Waals surface area contributed by atoms with Crippen LogP contribution in [0, 0.1) is 0 Å². The van der Waals surface area contributed by atoms with Crippen LogP contribution in [0.25, 0.3) is 0 Å². The molecule has 166 valence electrons. The summed E-state index contributed by atoms with van der Waals surface area (Å²) >= 11 is 10.1. The Morgan fingerprint density at radius 3 is 2.50 bits per heavy atom. The summed E-state index contributed by atoms with van der Waals surface area (Å²) in [5, 5.41) is 3.91. The molecule has 0 aliphatic heterocycles. The summed E-state index contributed by atoms with van der Waals surface area (Å²) in [6.07, 6.45) is 2.80. The Balaban J connectivity index is 1.57. The second-order valence-corrected chi connectivity index (χ2v) is 8.68. The highest BCUT2D eigenvalue weighted by Crippen LogP contribution is 2.36. The van der Waals surface area contributed by atoms with Gasteiger partial charge in [0.15, 0.2) is 18.1 Å². The van der Waals surface area contributed by atoms with Gasteiger partial charge in [0.05, 0.1) is 28.5 Å². The van der Waals surface area contributed by atoms with E-state index in [0.29, 0.717) is 26.0 Å². The number of amides is 1. The Hall–Kier alpha value is -2.63. The molecule has 1 aromatic heterocycles. The zero-order chi connectivity index (χ0) is 23.1. The van der Waals surface area contributed by atoms with Gasteiger partial charge in [0.1, 0.15) is 5.75 Å². The molecule has 0 unspecified atom stereocenters. The van der Waals surface area contributed by atoms with E-state index in [9.17, 15) is 9.59 Å². The van der Waals surface area contributed by atoms with Gasteiger partial charge in [0.25, 0.3) is 5.91 Å². The van der Waals surface area contributed by atoms with Gasteiger partial charge in [0, 0.05) is 4.47 Å². The molecule has 0 aliphatic rings. The Morgan fingerprint density at radius 2 is 1.84 bits per heavy atom. The van der Waals surface area contributed by atoms with Crippen LogP contribution in [-0.4, -0.2) is 31.8 Å². The number of esters is 1. The van der Waals surface area contributed by atoms with Crippen molar-refractivity contribution in [3.05, 3.63) is 73.5 Å². The minimum absolute atomic E-state index is 0.0739. The van der Waals surface area contributed by atoms with E-state index in [-0.39, 0.29) is 18.1 Å². The van der Waals surface area contributed by atoms with E-state index < -0.39 is 11.9 Å². The summed E-state index contributed by atoms with van der Waals surface area (Å²) in [5.74, 6) is 0.00845. The molecule has 2 aromatic carbocycles. The minimum atomic E-state index is -0.647. The number of carbonyl (C=O) groups is 2. The molecule has 0 fully saturated rings. The number of rotatable bonds is 8. The molecule has 1 amide bonds. The summed E-state index contributed by atoms with van der Waals surface area (Å²) in [7, 11) is 1.44. The molecule has 11 heteroatoms. The maximum Gasteiger partial charge on any atom is 0.379 e. The molecule has 0 aliphatic carbocycles. The Labute approximate surface area is 208 Å². The van der Waals surface area contributed by atoms with Crippen LogP contribution in [-0.2, 0) is 4.79 Å². The molecule has 0 bridgehead atoms. The molecule has 0 radical (unpaired) electrons. The molecule has 3 rings (SSSR count). The van der Waals surface area contributed by atoms with Crippen LogP contribution in [0.3, 0.4) is 0 Å². The maximum atomic E-state index is 12.0. The van der Waals surface area contributed by atoms with Crippen LogP contribution < -0.4 is 19.6 Å². The predicted octanol–water partition coefficient (Wildman–Crippen LogP) is 5.32. The van der Waals surface area contributed by atoms with E-state index in [2.05, 4.69) is 58.3 Å². The number of hydrogen-bond acceptors (Lipinski definition) is 7. The van der Waals surface area contributed by atoms with Crippen molar-refractivity contribution in [3.8, 4) is 17.2 Å². The van der Waals surface area contributed by atoms with Gasteiger partial charge in [-0.3, -0.25) is 4.79 Å². The topological polar surface area (TPSA) is 99.4 Å². The highest BCUT2D eigenvalue weighted by molar-refractivity contribution is 9.11. The van der Waals surface area contributed by atoms with Crippen LogP contribution in [0.5, 0.6) is 17.2 Å². The molecular formula is C21H15Br3N2O6. The van der Waals surface area contributed by atoms with Gasteiger partial charge in [-0.15, -0.1) is 0 Å². The molecule has 3 aromatic rings. The lowest BCUT2D eigenvalue weighted by molar-refractivity contribution is -0.123. The fourth-order valence-corrected chi connectivity index (χ4v) is 4.90. The van der Waals surface area contributed by atoms with Crippen molar-refractivity contribution in [1.82, 2.24) is 5.43 Å². The first kappa shape index (κ1) is 24.0. The molecule has 1 N–H and O–H groups in total. The third kappa shape index (κ3) is 6.44. The molecule has 1 heterocycles. The van der Waals surface area contributed by atoms with Gasteiger partial charge in [-0.1, -0.05) is 15.9 Å². The van der Waals surface area contributed by atoms with E-state index in [1.54, 1.807) is 36.4 Å². The van der Waals surface area contributed by atoms with Gasteiger partial charge in [-0.25, -0.2) is 10.2 Å². The number of hydrogen-bond donors (Lipinski definition) is 1. The van der Waals surface area contributed by atoms with Gasteiger partial charge in [-0.05, 0) is 79.9 Å². The zero-order valence-electron chi connectivity index (χ0n) is 16.4. The van der Waals surface area contributed by atoms with Crippen LogP contribution in [0.1, 0.15) is 16.1 Å². The Morgan fingerprint density at radius 1 is 1.09 bits per heavy atom. The Bertz CT molecular complexity index is 1130. The summed E-state index contributed by atoms with van der Waals surface area (Å²) < 4.78 is 23.3. The highest BCUT2D eigenvalue weighted by atomic mass is 79.9. The minimum Gasteiger partial charge on any atom is -0.493 e.